The van der Waals surface area contributed by atoms with Crippen LogP contribution in [0.1, 0.15) is 29.6 Å². The van der Waals surface area contributed by atoms with Crippen molar-refractivity contribution in [1.29, 1.82) is 0 Å². The molecule has 0 radical (unpaired) electrons. The summed E-state index contributed by atoms with van der Waals surface area (Å²) in [7, 11) is 0. The summed E-state index contributed by atoms with van der Waals surface area (Å²) in [6.07, 6.45) is 5.04. The van der Waals surface area contributed by atoms with E-state index in [1.807, 2.05) is 6.08 Å². The molecule has 0 bridgehead atoms. The van der Waals surface area contributed by atoms with Crippen LogP contribution in [-0.2, 0) is 0 Å². The van der Waals surface area contributed by atoms with Gasteiger partial charge in [-0.05, 0) is 59.0 Å². The first kappa shape index (κ1) is 10.9. The molecule has 0 aliphatic heterocycles. The fourth-order valence-corrected chi connectivity index (χ4v) is 2.59. The molecule has 1 aliphatic rings. The average Bonchev–Trinajstić information content (AvgIpc) is 2.69. The number of allylic oxidation sites excluding steroid dienone is 2. The third-order valence-corrected chi connectivity index (χ3v) is 3.40. The standard InChI is InChI=1S/C12H10BrClO/c13-11-7-9(14)5-6-10(11)12(15)8-3-1-2-4-8/h3,5-7H,1-2,4H2. The van der Waals surface area contributed by atoms with Gasteiger partial charge in [0.15, 0.2) is 5.78 Å². The summed E-state index contributed by atoms with van der Waals surface area (Å²) < 4.78 is 0.771. The third-order valence-electron chi connectivity index (χ3n) is 2.51. The van der Waals surface area contributed by atoms with E-state index in [0.717, 1.165) is 29.3 Å². The maximum absolute atomic E-state index is 12.0. The molecule has 0 aromatic heterocycles. The van der Waals surface area contributed by atoms with Gasteiger partial charge in [-0.2, -0.15) is 0 Å². The van der Waals surface area contributed by atoms with Crippen LogP contribution in [0.4, 0.5) is 0 Å². The van der Waals surface area contributed by atoms with Crippen LogP contribution in [0.25, 0.3) is 0 Å². The number of ketones is 1. The molecule has 1 nitrogen and oxygen atoms in total. The zero-order valence-electron chi connectivity index (χ0n) is 8.09. The van der Waals surface area contributed by atoms with Crippen molar-refractivity contribution >= 4 is 33.3 Å². The fourth-order valence-electron chi connectivity index (χ4n) is 1.72. The first-order valence-corrected chi connectivity index (χ1v) is 6.04. The van der Waals surface area contributed by atoms with Gasteiger partial charge in [-0.25, -0.2) is 0 Å². The molecule has 1 aliphatic carbocycles. The van der Waals surface area contributed by atoms with E-state index in [0.29, 0.717) is 10.6 Å². The van der Waals surface area contributed by atoms with E-state index in [-0.39, 0.29) is 5.78 Å². The van der Waals surface area contributed by atoms with Crippen LogP contribution >= 0.6 is 27.5 Å². The summed E-state index contributed by atoms with van der Waals surface area (Å²) in [5, 5.41) is 0.638. The predicted octanol–water partition coefficient (Wildman–Crippen LogP) is 4.40. The topological polar surface area (TPSA) is 17.1 Å². The highest BCUT2D eigenvalue weighted by molar-refractivity contribution is 9.10. The zero-order valence-corrected chi connectivity index (χ0v) is 10.4. The number of Topliss-reactive ketones (excluding diaryl/α,β-unsaturated/α-hetero) is 1. The molecule has 0 saturated carbocycles. The van der Waals surface area contributed by atoms with Crippen molar-refractivity contribution in [3.8, 4) is 0 Å². The normalized spacial score (nSPS) is 15.2. The van der Waals surface area contributed by atoms with Gasteiger partial charge < -0.3 is 0 Å². The minimum atomic E-state index is 0.121. The molecule has 3 heteroatoms. The van der Waals surface area contributed by atoms with Gasteiger partial charge in [0.25, 0.3) is 0 Å². The fraction of sp³-hybridized carbons (Fsp3) is 0.250. The second kappa shape index (κ2) is 4.50. The monoisotopic (exact) mass is 284 g/mol. The Morgan fingerprint density at radius 2 is 2.20 bits per heavy atom. The van der Waals surface area contributed by atoms with Crippen LogP contribution in [-0.4, -0.2) is 5.78 Å². The first-order chi connectivity index (χ1) is 7.18. The number of hydrogen-bond donors (Lipinski definition) is 0. The van der Waals surface area contributed by atoms with Crippen molar-refractivity contribution in [2.75, 3.05) is 0 Å². The maximum atomic E-state index is 12.0. The Morgan fingerprint density at radius 1 is 1.40 bits per heavy atom. The number of halogens is 2. The highest BCUT2D eigenvalue weighted by Gasteiger charge is 2.17. The minimum absolute atomic E-state index is 0.121. The van der Waals surface area contributed by atoms with Gasteiger partial charge in [-0.15, -0.1) is 0 Å². The number of carbonyl (C=O) groups is 1. The molecule has 0 unspecified atom stereocenters. The molecule has 1 aromatic rings. The lowest BCUT2D eigenvalue weighted by atomic mass is 10.0. The molecular formula is C12H10BrClO. The average molecular weight is 286 g/mol. The van der Waals surface area contributed by atoms with E-state index in [1.165, 1.54) is 0 Å². The minimum Gasteiger partial charge on any atom is -0.289 e. The second-order valence-electron chi connectivity index (χ2n) is 3.57. The van der Waals surface area contributed by atoms with E-state index < -0.39 is 0 Å². The number of carbonyl (C=O) groups excluding carboxylic acids is 1. The van der Waals surface area contributed by atoms with Gasteiger partial charge in [0, 0.05) is 15.1 Å². The van der Waals surface area contributed by atoms with Crippen molar-refractivity contribution in [3.05, 3.63) is 44.9 Å². The molecule has 78 valence electrons. The third kappa shape index (κ3) is 2.32. The molecule has 1 aromatic carbocycles. The molecule has 0 heterocycles. The molecule has 2 rings (SSSR count). The van der Waals surface area contributed by atoms with Crippen molar-refractivity contribution in [1.82, 2.24) is 0 Å². The summed E-state index contributed by atoms with van der Waals surface area (Å²) in [4.78, 5) is 12.0. The van der Waals surface area contributed by atoms with E-state index in [2.05, 4.69) is 15.9 Å². The van der Waals surface area contributed by atoms with Gasteiger partial charge in [0.1, 0.15) is 0 Å². The summed E-state index contributed by atoms with van der Waals surface area (Å²) in [5.74, 6) is 0.121. The van der Waals surface area contributed by atoms with E-state index in [9.17, 15) is 4.79 Å². The van der Waals surface area contributed by atoms with Crippen molar-refractivity contribution in [2.45, 2.75) is 19.3 Å². The van der Waals surface area contributed by atoms with Gasteiger partial charge in [0.05, 0.1) is 0 Å². The van der Waals surface area contributed by atoms with E-state index in [4.69, 9.17) is 11.6 Å². The Hall–Kier alpha value is -0.600. The summed E-state index contributed by atoms with van der Waals surface area (Å²) in [6.45, 7) is 0. The maximum Gasteiger partial charge on any atom is 0.189 e. The highest BCUT2D eigenvalue weighted by atomic mass is 79.9. The Bertz CT molecular complexity index is 437. The van der Waals surface area contributed by atoms with E-state index in [1.54, 1.807) is 18.2 Å². The first-order valence-electron chi connectivity index (χ1n) is 4.87. The Balaban J connectivity index is 2.33. The van der Waals surface area contributed by atoms with Crippen LogP contribution in [0.2, 0.25) is 5.02 Å². The lowest BCUT2D eigenvalue weighted by molar-refractivity contribution is 0.103. The predicted molar refractivity (Wildman–Crippen MR) is 65.4 cm³/mol. The van der Waals surface area contributed by atoms with E-state index >= 15 is 0 Å². The number of hydrogen-bond acceptors (Lipinski definition) is 1. The molecule has 0 saturated heterocycles. The van der Waals surface area contributed by atoms with Crippen LogP contribution < -0.4 is 0 Å². The highest BCUT2D eigenvalue weighted by Crippen LogP contribution is 2.27. The Morgan fingerprint density at radius 3 is 2.80 bits per heavy atom. The molecule has 15 heavy (non-hydrogen) atoms. The lowest BCUT2D eigenvalue weighted by Gasteiger charge is -2.04. The van der Waals surface area contributed by atoms with Gasteiger partial charge in [-0.1, -0.05) is 17.7 Å². The number of rotatable bonds is 2. The summed E-state index contributed by atoms with van der Waals surface area (Å²) in [5.41, 5.74) is 1.63. The lowest BCUT2D eigenvalue weighted by Crippen LogP contribution is -2.02. The van der Waals surface area contributed by atoms with Crippen LogP contribution in [0.5, 0.6) is 0 Å². The van der Waals surface area contributed by atoms with Gasteiger partial charge >= 0.3 is 0 Å². The molecule has 0 N–H and O–H groups in total. The van der Waals surface area contributed by atoms with Gasteiger partial charge in [0.2, 0.25) is 0 Å². The SMILES string of the molecule is O=C(C1=CCCC1)c1ccc(Cl)cc1Br. The molecular weight excluding hydrogens is 275 g/mol. The van der Waals surface area contributed by atoms with Crippen molar-refractivity contribution < 1.29 is 4.79 Å². The van der Waals surface area contributed by atoms with Crippen molar-refractivity contribution in [3.63, 3.8) is 0 Å². The zero-order chi connectivity index (χ0) is 10.8. The molecule has 0 spiro atoms. The second-order valence-corrected chi connectivity index (χ2v) is 4.87. The smallest absolute Gasteiger partial charge is 0.189 e. The van der Waals surface area contributed by atoms with Crippen LogP contribution in [0.15, 0.2) is 34.3 Å². The Labute approximate surface area is 102 Å². The molecule has 0 fully saturated rings. The van der Waals surface area contributed by atoms with Crippen LogP contribution in [0, 0.1) is 0 Å². The largest absolute Gasteiger partial charge is 0.289 e. The van der Waals surface area contributed by atoms with Gasteiger partial charge in [-0.3, -0.25) is 4.79 Å². The molecule has 0 atom stereocenters. The Kier molecular flexibility index (Phi) is 3.27. The van der Waals surface area contributed by atoms with Crippen molar-refractivity contribution in [2.24, 2.45) is 0 Å². The summed E-state index contributed by atoms with van der Waals surface area (Å²) >= 11 is 9.19. The van der Waals surface area contributed by atoms with Crippen LogP contribution in [0.3, 0.4) is 0 Å². The molecule has 0 amide bonds. The summed E-state index contributed by atoms with van der Waals surface area (Å²) in [6, 6.07) is 5.27. The quantitative estimate of drug-likeness (QED) is 0.736. The number of benzene rings is 1.